The lowest BCUT2D eigenvalue weighted by atomic mass is 9.77. The largest absolute Gasteiger partial charge is 0.466 e. The number of rotatable bonds is 28. The molecule has 1 aliphatic heterocycles. The summed E-state index contributed by atoms with van der Waals surface area (Å²) in [6, 6.07) is 13.8. The molecule has 30 heteroatoms. The van der Waals surface area contributed by atoms with Gasteiger partial charge in [-0.25, -0.2) is 16.8 Å². The van der Waals surface area contributed by atoms with Crippen LogP contribution in [0.2, 0.25) is 6.82 Å². The molecular formula is C79H122B5FN2O20S2. The number of carbonyl (C=O) groups is 4. The molecule has 2 unspecified atom stereocenters. The molecule has 2 atom stereocenters. The van der Waals surface area contributed by atoms with E-state index in [1.165, 1.54) is 21.0 Å². The fourth-order valence-electron chi connectivity index (χ4n) is 10.0. The SMILES string of the molecule is C.C.C=CCC(CC)(CC(=C)C)C(=O)OCC.C=CCC(CC)(CC=C)C(=O)OCC.C=CCN(CC(=C)C)S(=O)(=O)c1ccc(C)cc1.CC1=CCN(S(=O)(=O)c2ccc(C)cc2)C1.CCOC(=O)C1(CC)CC=C(C)C1.CCOC(=O)C1(CC)CC=CC1.O=C=O.O=C=O.O=C=O.O=C=O.[2H][B].[B]C.[B]F.[B][B]. The number of sulfonamides is 2. The van der Waals surface area contributed by atoms with Gasteiger partial charge in [0.05, 0.1) is 65.7 Å². The van der Waals surface area contributed by atoms with Crippen molar-refractivity contribution >= 4 is 108 Å². The Kier molecular flexibility index (Phi) is 83.6. The van der Waals surface area contributed by atoms with Gasteiger partial charge < -0.3 is 23.3 Å². The van der Waals surface area contributed by atoms with Crippen molar-refractivity contribution in [2.45, 2.75) is 205 Å². The van der Waals surface area contributed by atoms with Crippen LogP contribution in [-0.4, -0.2) is 168 Å². The molecule has 10 radical (unpaired) electrons. The Morgan fingerprint density at radius 1 is 0.569 bits per heavy atom. The topological polar surface area (TPSA) is 317 Å². The van der Waals surface area contributed by atoms with E-state index in [1.807, 2.05) is 94.4 Å². The van der Waals surface area contributed by atoms with Gasteiger partial charge in [0.25, 0.3) is 0 Å². The van der Waals surface area contributed by atoms with Crippen LogP contribution in [0.25, 0.3) is 0 Å². The summed E-state index contributed by atoms with van der Waals surface area (Å²) in [6.45, 7) is 54.3. The third-order valence-electron chi connectivity index (χ3n) is 15.6. The molecule has 2 aliphatic carbocycles. The van der Waals surface area contributed by atoms with Crippen LogP contribution < -0.4 is 0 Å². The van der Waals surface area contributed by atoms with Crippen LogP contribution >= 0.6 is 0 Å². The second-order valence-corrected chi connectivity index (χ2v) is 27.1. The first-order valence-corrected chi connectivity index (χ1v) is 36.6. The van der Waals surface area contributed by atoms with Crippen molar-refractivity contribution in [1.82, 2.24) is 8.61 Å². The molecule has 0 N–H and O–H groups in total. The standard InChI is InChI=1S/C14H19NO2S.C13H22O2.C12H15NO2S.C12H20O2.C11H18O2.C10H16O2.CH3B.4CO2.2CH4.B2.BF.BH/c1-5-10-15(11-12(2)3)18(16,17)14-8-6-13(4)7-9-14;1-6-9-13(7-2,10-11(4)5)12(14)15-8-3;1-10-3-5-12(6-4-10)16(14,15)13-8-7-11(2)9-13;1-5-9-12(7-3,10-6-2)11(13)14-8-4;1-4-11(10(12)13-5-2)7-6-9(3)8-11;1-3-10(7-5-6-8-10)9(11)12-4-2;1-2;4*2-1-3;;;2*1-2;/h5-9H,1-2,10-11H2,3-4H3;6H,1,4,7-10H2,2-3,5H3;3-7H,8-9H2,1-2H3;5-6H,1-2,7-10H2,3-4H3;6H,4-5,7-8H2,1-3H3;5-6H,3-4,7-8H2,1-2H3;1H3;;;;;2*1H4;;;1H/i;;;;;;;;;;;;;;;1D. The summed E-state index contributed by atoms with van der Waals surface area (Å²) in [5.41, 5.74) is 4.96. The van der Waals surface area contributed by atoms with Crippen LogP contribution in [0.5, 0.6) is 0 Å². The Labute approximate surface area is 662 Å². The zero-order valence-corrected chi connectivity index (χ0v) is 67.4. The fourth-order valence-corrected chi connectivity index (χ4v) is 12.9. The number of aryl methyl sites for hydroxylation is 2. The van der Waals surface area contributed by atoms with Gasteiger partial charge in [0, 0.05) is 50.0 Å². The predicted octanol–water partition coefficient (Wildman–Crippen LogP) is 14.0. The molecule has 2 aromatic carbocycles. The maximum atomic E-state index is 12.4. The van der Waals surface area contributed by atoms with E-state index in [-0.39, 0.29) is 80.7 Å². The number of hydrogen-bond acceptors (Lipinski definition) is 20. The smallest absolute Gasteiger partial charge is 0.373 e. The fraction of sp³-hybridized carbons (Fsp3) is 0.519. The number of carbonyl (C=O) groups excluding carboxylic acids is 12. The second kappa shape index (κ2) is 75.0. The summed E-state index contributed by atoms with van der Waals surface area (Å²) in [7, 11) is 12.5. The summed E-state index contributed by atoms with van der Waals surface area (Å²) in [5.74, 6) is -0.319. The normalized spacial score (nSPS) is 13.6. The van der Waals surface area contributed by atoms with Crippen molar-refractivity contribution in [2.24, 2.45) is 21.7 Å². The van der Waals surface area contributed by atoms with Crippen LogP contribution in [0.15, 0.2) is 169 Å². The van der Waals surface area contributed by atoms with Crippen LogP contribution in [-0.2, 0) is 96.5 Å². The first-order valence-electron chi connectivity index (χ1n) is 34.3. The van der Waals surface area contributed by atoms with Crippen LogP contribution in [0.4, 0.5) is 4.32 Å². The molecule has 0 spiro atoms. The molecule has 22 nitrogen and oxygen atoms in total. The van der Waals surface area contributed by atoms with Crippen molar-refractivity contribution in [3.8, 4) is 0 Å². The molecule has 109 heavy (non-hydrogen) atoms. The lowest BCUT2D eigenvalue weighted by Gasteiger charge is -2.29. The van der Waals surface area contributed by atoms with E-state index in [1.54, 1.807) is 67.6 Å². The summed E-state index contributed by atoms with van der Waals surface area (Å²) in [4.78, 5) is 113. The van der Waals surface area contributed by atoms with Crippen LogP contribution in [0.3, 0.4) is 0 Å². The third-order valence-corrected chi connectivity index (χ3v) is 19.2. The number of hydrogen-bond donors (Lipinski definition) is 0. The van der Waals surface area contributed by atoms with Crippen molar-refractivity contribution < 1.29 is 97.6 Å². The summed E-state index contributed by atoms with van der Waals surface area (Å²) in [5, 5.41) is 0. The first kappa shape index (κ1) is 122. The van der Waals surface area contributed by atoms with E-state index in [9.17, 15) is 36.0 Å². The third kappa shape index (κ3) is 50.8. The molecule has 1 heterocycles. The average Bonchev–Trinajstić information content (AvgIpc) is 1.37. The van der Waals surface area contributed by atoms with Gasteiger partial charge in [-0.05, 0) is 172 Å². The minimum atomic E-state index is -3.47. The molecular weight excluding hydrogens is 1430 g/mol. The van der Waals surface area contributed by atoms with Gasteiger partial charge in [-0.1, -0.05) is 162 Å². The van der Waals surface area contributed by atoms with Crippen molar-refractivity contribution in [3.05, 3.63) is 170 Å². The maximum absolute atomic E-state index is 12.4. The van der Waals surface area contributed by atoms with Crippen molar-refractivity contribution in [2.75, 3.05) is 52.6 Å². The van der Waals surface area contributed by atoms with E-state index in [4.69, 9.17) is 63.0 Å². The quantitative estimate of drug-likeness (QED) is 0.0331. The molecule has 0 fully saturated rings. The summed E-state index contributed by atoms with van der Waals surface area (Å²) < 4.78 is 86.6. The van der Waals surface area contributed by atoms with Gasteiger partial charge in [-0.3, -0.25) is 19.2 Å². The van der Waals surface area contributed by atoms with Gasteiger partial charge in [-0.2, -0.15) is 47.0 Å². The molecule has 2 aromatic rings. The molecule has 0 aromatic heterocycles. The monoisotopic (exact) mass is 1560 g/mol. The van der Waals surface area contributed by atoms with Gasteiger partial charge >= 0.3 is 56.6 Å². The van der Waals surface area contributed by atoms with Gasteiger partial charge in [0.15, 0.2) is 0 Å². The lowest BCUT2D eigenvalue weighted by molar-refractivity contribution is -0.193. The van der Waals surface area contributed by atoms with E-state index >= 15 is 0 Å². The van der Waals surface area contributed by atoms with Crippen molar-refractivity contribution in [3.63, 3.8) is 0 Å². The molecule has 602 valence electrons. The summed E-state index contributed by atoms with van der Waals surface area (Å²) in [6.07, 6.45) is 25.4. The molecule has 5 rings (SSSR count). The minimum absolute atomic E-state index is 0. The highest BCUT2D eigenvalue weighted by molar-refractivity contribution is 7.89. The van der Waals surface area contributed by atoms with Crippen molar-refractivity contribution in [1.29, 1.82) is 1.34 Å². The highest BCUT2D eigenvalue weighted by atomic mass is 32.2. The predicted molar refractivity (Wildman–Crippen MR) is 432 cm³/mol. The number of allylic oxidation sites excluding steroid dienone is 8. The zero-order valence-electron chi connectivity index (χ0n) is 66.8. The van der Waals surface area contributed by atoms with E-state index in [0.29, 0.717) is 81.5 Å². The lowest BCUT2D eigenvalue weighted by Crippen LogP contribution is -2.32. The first-order chi connectivity index (χ1) is 51.1. The Balaban J connectivity index is -0.000000113. The maximum Gasteiger partial charge on any atom is 0.373 e. The number of esters is 4. The van der Waals surface area contributed by atoms with Gasteiger partial charge in [-0.15, -0.1) is 32.9 Å². The van der Waals surface area contributed by atoms with E-state index < -0.39 is 30.9 Å². The zero-order chi connectivity index (χ0) is 86.2. The number of ether oxygens (including phenoxy) is 4. The van der Waals surface area contributed by atoms with E-state index in [2.05, 4.69) is 111 Å². The summed E-state index contributed by atoms with van der Waals surface area (Å²) >= 11 is 0. The van der Waals surface area contributed by atoms with Gasteiger partial charge in [0.1, 0.15) is 0 Å². The average molecular weight is 1560 g/mol. The van der Waals surface area contributed by atoms with Crippen LogP contribution in [0.1, 0.15) is 186 Å². The Morgan fingerprint density at radius 2 is 0.917 bits per heavy atom. The number of nitrogens with zero attached hydrogens (tertiary/aromatic N) is 2. The molecule has 0 bridgehead atoms. The molecule has 0 saturated carbocycles. The molecule has 3 aliphatic rings. The number of benzene rings is 2. The Morgan fingerprint density at radius 3 is 1.20 bits per heavy atom. The van der Waals surface area contributed by atoms with Crippen LogP contribution in [0, 0.1) is 35.5 Å². The minimum Gasteiger partial charge on any atom is -0.466 e. The van der Waals surface area contributed by atoms with Gasteiger partial charge in [0.2, 0.25) is 20.0 Å². The Hall–Kier alpha value is -8.43. The molecule has 0 saturated heterocycles. The Bertz CT molecular complexity index is 3300. The highest BCUT2D eigenvalue weighted by Crippen LogP contribution is 2.42. The van der Waals surface area contributed by atoms with E-state index in [0.717, 1.165) is 79.2 Å². The molecule has 0 amide bonds. The second-order valence-electron chi connectivity index (χ2n) is 23.2. The number of halogens is 1. The highest BCUT2D eigenvalue weighted by Gasteiger charge is 2.41.